The van der Waals surface area contributed by atoms with Gasteiger partial charge in [0.05, 0.1) is 23.2 Å². The van der Waals surface area contributed by atoms with E-state index in [0.29, 0.717) is 16.6 Å². The van der Waals surface area contributed by atoms with Crippen LogP contribution >= 0.6 is 12.2 Å². The molecule has 0 aliphatic carbocycles. The average molecular weight is 431 g/mol. The molecule has 0 atom stereocenters. The zero-order valence-corrected chi connectivity index (χ0v) is 15.4. The van der Waals surface area contributed by atoms with E-state index in [2.05, 4.69) is 20.0 Å². The van der Waals surface area contributed by atoms with Crippen LogP contribution in [0, 0.1) is 10.6 Å². The molecule has 1 heterocycles. The molecule has 0 aliphatic rings. The van der Waals surface area contributed by atoms with Crippen molar-refractivity contribution < 1.29 is 31.5 Å². The summed E-state index contributed by atoms with van der Waals surface area (Å²) in [7, 11) is 0. The molecular formula is C18H14F5N3O2S. The Morgan fingerprint density at radius 3 is 2.69 bits per heavy atom. The third-order valence-electron chi connectivity index (χ3n) is 3.90. The van der Waals surface area contributed by atoms with Crippen molar-refractivity contribution in [3.63, 3.8) is 0 Å². The summed E-state index contributed by atoms with van der Waals surface area (Å²) in [5.41, 5.74) is 1.30. The Hall–Kier alpha value is -2.79. The van der Waals surface area contributed by atoms with Crippen molar-refractivity contribution in [3.05, 3.63) is 58.1 Å². The summed E-state index contributed by atoms with van der Waals surface area (Å²) in [5, 5.41) is 2.55. The zero-order valence-electron chi connectivity index (χ0n) is 14.6. The summed E-state index contributed by atoms with van der Waals surface area (Å²) in [6.45, 7) is -1.80. The number of benzene rings is 2. The number of carbonyl (C=O) groups is 1. The van der Waals surface area contributed by atoms with Crippen LogP contribution in [-0.2, 0) is 11.3 Å². The van der Waals surface area contributed by atoms with Crippen LogP contribution in [0.15, 0.2) is 36.4 Å². The first-order valence-corrected chi connectivity index (χ1v) is 8.62. The number of halogens is 5. The van der Waals surface area contributed by atoms with Gasteiger partial charge in [-0.05, 0) is 42.0 Å². The molecule has 1 aromatic heterocycles. The maximum atomic E-state index is 13.8. The summed E-state index contributed by atoms with van der Waals surface area (Å²) in [6.07, 6.45) is -3.82. The van der Waals surface area contributed by atoms with E-state index in [9.17, 15) is 26.7 Å². The number of hydrogen-bond donors (Lipinski definition) is 3. The van der Waals surface area contributed by atoms with Gasteiger partial charge in [0, 0.05) is 5.69 Å². The average Bonchev–Trinajstić information content (AvgIpc) is 3.00. The molecule has 3 rings (SSSR count). The van der Waals surface area contributed by atoms with Crippen LogP contribution in [0.4, 0.5) is 27.6 Å². The molecule has 0 saturated heterocycles. The van der Waals surface area contributed by atoms with Crippen LogP contribution in [0.5, 0.6) is 0 Å². The smallest absolute Gasteiger partial charge is 0.330 e. The molecule has 5 nitrogen and oxygen atoms in total. The molecule has 3 aromatic rings. The van der Waals surface area contributed by atoms with Crippen molar-refractivity contribution >= 4 is 34.8 Å². The highest BCUT2D eigenvalue weighted by Gasteiger charge is 2.40. The minimum absolute atomic E-state index is 0.00517. The van der Waals surface area contributed by atoms with Gasteiger partial charge in [-0.2, -0.15) is 8.78 Å². The molecule has 29 heavy (non-hydrogen) atoms. The summed E-state index contributed by atoms with van der Waals surface area (Å²) in [5.74, 6) is -5.53. The molecule has 1 amide bonds. The predicted molar refractivity (Wildman–Crippen MR) is 98.4 cm³/mol. The molecule has 11 heteroatoms. The number of ether oxygens (including phenoxy) is 1. The first-order valence-electron chi connectivity index (χ1n) is 8.21. The number of hydrogen-bond acceptors (Lipinski definition) is 3. The zero-order chi connectivity index (χ0) is 21.2. The number of alkyl halides is 4. The van der Waals surface area contributed by atoms with Gasteiger partial charge in [0.15, 0.2) is 4.77 Å². The lowest BCUT2D eigenvalue weighted by Gasteiger charge is -2.15. The Balaban J connectivity index is 1.72. The second kappa shape index (κ2) is 8.29. The largest absolute Gasteiger partial charge is 0.370 e. The lowest BCUT2D eigenvalue weighted by Crippen LogP contribution is -2.32. The van der Waals surface area contributed by atoms with Crippen LogP contribution in [0.1, 0.15) is 15.9 Å². The number of H-pyrrole nitrogens is 2. The summed E-state index contributed by atoms with van der Waals surface area (Å²) in [4.78, 5) is 18.0. The molecule has 2 aromatic carbocycles. The van der Waals surface area contributed by atoms with Crippen LogP contribution in [-0.4, -0.2) is 34.8 Å². The summed E-state index contributed by atoms with van der Waals surface area (Å²) < 4.78 is 68.7. The number of aromatic amines is 2. The number of imidazole rings is 1. The maximum absolute atomic E-state index is 13.8. The van der Waals surface area contributed by atoms with Gasteiger partial charge in [0.2, 0.25) is 0 Å². The Labute approximate surface area is 165 Å². The van der Waals surface area contributed by atoms with Gasteiger partial charge >= 0.3 is 12.3 Å². The predicted octanol–water partition coefficient (Wildman–Crippen LogP) is 5.03. The molecule has 154 valence electrons. The van der Waals surface area contributed by atoms with Crippen molar-refractivity contribution in [2.45, 2.75) is 19.0 Å². The Kier molecular flexibility index (Phi) is 5.99. The number of rotatable bonds is 7. The second-order valence-corrected chi connectivity index (χ2v) is 6.57. The van der Waals surface area contributed by atoms with Crippen molar-refractivity contribution in [1.29, 1.82) is 0 Å². The van der Waals surface area contributed by atoms with Crippen LogP contribution in [0.3, 0.4) is 0 Å². The number of amides is 1. The molecule has 0 fully saturated rings. The molecular weight excluding hydrogens is 417 g/mol. The third kappa shape index (κ3) is 4.98. The Bertz CT molecular complexity index is 1100. The molecule has 0 spiro atoms. The van der Waals surface area contributed by atoms with E-state index in [-0.39, 0.29) is 22.6 Å². The molecule has 0 radical (unpaired) electrons. The molecule has 0 unspecified atom stereocenters. The molecule has 0 aliphatic heterocycles. The monoisotopic (exact) mass is 431 g/mol. The van der Waals surface area contributed by atoms with E-state index in [1.54, 1.807) is 0 Å². The molecule has 0 saturated carbocycles. The van der Waals surface area contributed by atoms with Crippen molar-refractivity contribution in [2.75, 3.05) is 11.9 Å². The topological polar surface area (TPSA) is 69.9 Å². The minimum Gasteiger partial charge on any atom is -0.370 e. The standard InChI is InChI=1S/C18H14F5N3O2S/c19-10-5-12(14-13(6-10)25-17(29)26-14)15(27)24-11-3-1-2-9(4-11)7-28-8-18(22,23)16(20)21/h1-6,16H,7-8H2,(H,24,27)(H2,25,26,29). The van der Waals surface area contributed by atoms with Crippen molar-refractivity contribution in [2.24, 2.45) is 0 Å². The highest BCUT2D eigenvalue weighted by molar-refractivity contribution is 7.71. The lowest BCUT2D eigenvalue weighted by atomic mass is 10.1. The third-order valence-corrected chi connectivity index (χ3v) is 4.11. The number of aromatic nitrogens is 2. The van der Waals surface area contributed by atoms with E-state index in [0.717, 1.165) is 6.07 Å². The van der Waals surface area contributed by atoms with Gasteiger partial charge in [-0.1, -0.05) is 12.1 Å². The highest BCUT2D eigenvalue weighted by atomic mass is 32.1. The fourth-order valence-electron chi connectivity index (χ4n) is 2.59. The van der Waals surface area contributed by atoms with E-state index in [1.165, 1.54) is 30.3 Å². The van der Waals surface area contributed by atoms with Gasteiger partial charge in [0.25, 0.3) is 5.91 Å². The van der Waals surface area contributed by atoms with Crippen molar-refractivity contribution in [1.82, 2.24) is 9.97 Å². The molecule has 3 N–H and O–H groups in total. The Morgan fingerprint density at radius 1 is 1.21 bits per heavy atom. The van der Waals surface area contributed by atoms with Crippen molar-refractivity contribution in [3.8, 4) is 0 Å². The van der Waals surface area contributed by atoms with Gasteiger partial charge in [0.1, 0.15) is 12.4 Å². The summed E-state index contributed by atoms with van der Waals surface area (Å²) >= 11 is 4.95. The van der Waals surface area contributed by atoms with E-state index in [1.807, 2.05) is 0 Å². The number of fused-ring (bicyclic) bond motifs is 1. The number of anilines is 1. The highest BCUT2D eigenvalue weighted by Crippen LogP contribution is 2.24. The second-order valence-electron chi connectivity index (χ2n) is 6.16. The van der Waals surface area contributed by atoms with Crippen LogP contribution < -0.4 is 5.32 Å². The first kappa shape index (κ1) is 20.9. The number of nitrogens with one attached hydrogen (secondary N) is 3. The SMILES string of the molecule is O=C(Nc1cccc(COCC(F)(F)C(F)F)c1)c1cc(F)cc2[nH]c(=S)[nH]c12. The van der Waals surface area contributed by atoms with Gasteiger partial charge in [-0.3, -0.25) is 4.79 Å². The van der Waals surface area contributed by atoms with E-state index < -0.39 is 30.7 Å². The normalized spacial score (nSPS) is 11.9. The fourth-order valence-corrected chi connectivity index (χ4v) is 2.80. The first-order chi connectivity index (χ1) is 13.7. The van der Waals surface area contributed by atoms with Gasteiger partial charge < -0.3 is 20.0 Å². The fraction of sp³-hybridized carbons (Fsp3) is 0.222. The van der Waals surface area contributed by atoms with Crippen LogP contribution in [0.25, 0.3) is 11.0 Å². The maximum Gasteiger partial charge on any atom is 0.330 e. The minimum atomic E-state index is -4.24. The molecule has 0 bridgehead atoms. The van der Waals surface area contributed by atoms with Gasteiger partial charge in [-0.25, -0.2) is 13.2 Å². The van der Waals surface area contributed by atoms with E-state index in [4.69, 9.17) is 12.2 Å². The number of carbonyl (C=O) groups excluding carboxylic acids is 1. The van der Waals surface area contributed by atoms with Gasteiger partial charge in [-0.15, -0.1) is 0 Å². The Morgan fingerprint density at radius 2 is 1.97 bits per heavy atom. The quantitative estimate of drug-likeness (QED) is 0.363. The van der Waals surface area contributed by atoms with E-state index >= 15 is 0 Å². The lowest BCUT2D eigenvalue weighted by molar-refractivity contribution is -0.168. The van der Waals surface area contributed by atoms with Crippen LogP contribution in [0.2, 0.25) is 0 Å². The summed E-state index contributed by atoms with van der Waals surface area (Å²) in [6, 6.07) is 8.20.